The number of aromatic nitrogens is 2. The first-order valence-electron chi connectivity index (χ1n) is 7.80. The quantitative estimate of drug-likeness (QED) is 0.768. The van der Waals surface area contributed by atoms with Crippen LogP contribution in [0.2, 0.25) is 0 Å². The first-order chi connectivity index (χ1) is 12.1. The Morgan fingerprint density at radius 2 is 1.56 bits per heavy atom. The number of H-pyrrole nitrogens is 1. The van der Waals surface area contributed by atoms with Crippen molar-refractivity contribution in [2.45, 2.75) is 0 Å². The summed E-state index contributed by atoms with van der Waals surface area (Å²) in [7, 11) is 3.19. The second-order valence-corrected chi connectivity index (χ2v) is 5.59. The van der Waals surface area contributed by atoms with Gasteiger partial charge in [0.25, 0.3) is 11.1 Å². The number of benzene rings is 2. The molecule has 0 aliphatic carbocycles. The Kier molecular flexibility index (Phi) is 4.66. The van der Waals surface area contributed by atoms with Gasteiger partial charge in [-0.05, 0) is 35.4 Å². The molecule has 25 heavy (non-hydrogen) atoms. The van der Waals surface area contributed by atoms with Crippen LogP contribution >= 0.6 is 0 Å². The summed E-state index contributed by atoms with van der Waals surface area (Å²) in [5, 5.41) is 0.547. The molecule has 1 aromatic heterocycles. The number of aromatic amines is 1. The summed E-state index contributed by atoms with van der Waals surface area (Å²) in [5.41, 5.74) is 1.08. The van der Waals surface area contributed by atoms with Crippen molar-refractivity contribution in [2.75, 3.05) is 7.11 Å². The van der Waals surface area contributed by atoms with E-state index in [1.54, 1.807) is 38.4 Å². The number of methoxy groups -OCH3 is 1. The molecule has 0 spiro atoms. The summed E-state index contributed by atoms with van der Waals surface area (Å²) < 4.78 is 6.47. The fourth-order valence-electron chi connectivity index (χ4n) is 2.52. The average molecular weight is 334 g/mol. The van der Waals surface area contributed by atoms with Crippen LogP contribution in [0.15, 0.2) is 64.2 Å². The molecule has 0 bridgehead atoms. The molecule has 1 N–H and O–H groups in total. The maximum Gasteiger partial charge on any atom is 0.274 e. The molecule has 0 fully saturated rings. The van der Waals surface area contributed by atoms with Crippen LogP contribution in [-0.2, 0) is 7.05 Å². The first-order valence-corrected chi connectivity index (χ1v) is 7.80. The molecule has 0 aliphatic heterocycles. The highest BCUT2D eigenvalue weighted by molar-refractivity contribution is 5.50. The van der Waals surface area contributed by atoms with Crippen LogP contribution in [0.5, 0.6) is 5.75 Å². The Morgan fingerprint density at radius 3 is 2.20 bits per heavy atom. The molecular formula is C20H18N2O3. The van der Waals surface area contributed by atoms with Gasteiger partial charge in [0, 0.05) is 7.05 Å². The Balaban J connectivity index is 2.15. The minimum atomic E-state index is -0.314. The molecule has 2 aromatic carbocycles. The minimum absolute atomic E-state index is 0.239. The normalized spacial score (nSPS) is 12.4. The van der Waals surface area contributed by atoms with E-state index in [1.807, 2.05) is 42.5 Å². The maximum atomic E-state index is 12.6. The molecule has 5 nitrogen and oxygen atoms in total. The Bertz CT molecular complexity index is 1110. The largest absolute Gasteiger partial charge is 0.497 e. The summed E-state index contributed by atoms with van der Waals surface area (Å²) in [4.78, 5) is 27.7. The molecule has 3 rings (SSSR count). The first kappa shape index (κ1) is 16.5. The zero-order chi connectivity index (χ0) is 17.8. The van der Waals surface area contributed by atoms with Gasteiger partial charge < -0.3 is 14.3 Å². The third-order valence-corrected chi connectivity index (χ3v) is 3.91. The van der Waals surface area contributed by atoms with Gasteiger partial charge in [-0.15, -0.1) is 0 Å². The van der Waals surface area contributed by atoms with Gasteiger partial charge in [-0.3, -0.25) is 9.59 Å². The summed E-state index contributed by atoms with van der Waals surface area (Å²) in [6.45, 7) is 0. The predicted octanol–water partition coefficient (Wildman–Crippen LogP) is 0.740. The molecule has 0 aliphatic rings. The van der Waals surface area contributed by atoms with Crippen LogP contribution in [0.4, 0.5) is 0 Å². The number of nitrogens with one attached hydrogen (secondary N) is 1. The number of rotatable bonds is 3. The van der Waals surface area contributed by atoms with E-state index in [0.717, 1.165) is 16.9 Å². The van der Waals surface area contributed by atoms with Crippen LogP contribution in [-0.4, -0.2) is 16.7 Å². The SMILES string of the molecule is COc1ccc(/C=c2\[nH]c(=O)/c(=C/c3ccccc3)n(C)c2=O)cc1. The molecule has 0 amide bonds. The third-order valence-electron chi connectivity index (χ3n) is 3.91. The number of hydrogen-bond acceptors (Lipinski definition) is 3. The van der Waals surface area contributed by atoms with E-state index in [2.05, 4.69) is 4.98 Å². The lowest BCUT2D eigenvalue weighted by molar-refractivity contribution is 0.415. The van der Waals surface area contributed by atoms with Crippen LogP contribution in [0, 0.1) is 0 Å². The molecule has 0 saturated heterocycles. The van der Waals surface area contributed by atoms with E-state index >= 15 is 0 Å². The van der Waals surface area contributed by atoms with E-state index in [4.69, 9.17) is 4.74 Å². The van der Waals surface area contributed by atoms with E-state index in [9.17, 15) is 9.59 Å². The Hall–Kier alpha value is -3.34. The van der Waals surface area contributed by atoms with Crippen molar-refractivity contribution in [1.82, 2.24) is 9.55 Å². The van der Waals surface area contributed by atoms with Crippen molar-refractivity contribution in [3.8, 4) is 5.75 Å². The number of hydrogen-bond donors (Lipinski definition) is 1. The van der Waals surface area contributed by atoms with Gasteiger partial charge in [-0.1, -0.05) is 42.5 Å². The lowest BCUT2D eigenvalue weighted by Gasteiger charge is -2.01. The van der Waals surface area contributed by atoms with E-state index < -0.39 is 0 Å². The van der Waals surface area contributed by atoms with E-state index in [-0.39, 0.29) is 16.5 Å². The van der Waals surface area contributed by atoms with E-state index in [0.29, 0.717) is 5.35 Å². The summed E-state index contributed by atoms with van der Waals surface area (Å²) in [5.74, 6) is 0.728. The summed E-state index contributed by atoms with van der Waals surface area (Å²) in [6, 6.07) is 16.6. The topological polar surface area (TPSA) is 64.1 Å². The van der Waals surface area contributed by atoms with Crippen molar-refractivity contribution < 1.29 is 4.74 Å². The molecule has 0 unspecified atom stereocenters. The second-order valence-electron chi connectivity index (χ2n) is 5.59. The highest BCUT2D eigenvalue weighted by atomic mass is 16.5. The van der Waals surface area contributed by atoms with Crippen LogP contribution in [0.25, 0.3) is 12.2 Å². The van der Waals surface area contributed by atoms with Gasteiger partial charge in [0.05, 0.1) is 7.11 Å². The standard InChI is InChI=1S/C20H18N2O3/c1-22-18(13-14-6-4-3-5-7-14)19(23)21-17(20(22)24)12-15-8-10-16(25-2)11-9-15/h3-13H,1-2H3,(H,21,23)/b17-12-,18-13-. The summed E-state index contributed by atoms with van der Waals surface area (Å²) >= 11 is 0. The molecule has 5 heteroatoms. The smallest absolute Gasteiger partial charge is 0.274 e. The highest BCUT2D eigenvalue weighted by Gasteiger charge is 2.01. The molecule has 126 valence electrons. The molecule has 0 radical (unpaired) electrons. The zero-order valence-electron chi connectivity index (χ0n) is 14.0. The van der Waals surface area contributed by atoms with Crippen molar-refractivity contribution in [3.63, 3.8) is 0 Å². The monoisotopic (exact) mass is 334 g/mol. The van der Waals surface area contributed by atoms with Gasteiger partial charge in [0.1, 0.15) is 16.4 Å². The van der Waals surface area contributed by atoms with E-state index in [1.165, 1.54) is 4.57 Å². The van der Waals surface area contributed by atoms with Crippen LogP contribution in [0.3, 0.4) is 0 Å². The van der Waals surface area contributed by atoms with Crippen molar-refractivity contribution in [3.05, 3.63) is 97.1 Å². The molecular weight excluding hydrogens is 316 g/mol. The minimum Gasteiger partial charge on any atom is -0.497 e. The average Bonchev–Trinajstić information content (AvgIpc) is 2.64. The zero-order valence-corrected chi connectivity index (χ0v) is 14.0. The highest BCUT2D eigenvalue weighted by Crippen LogP contribution is 2.11. The maximum absolute atomic E-state index is 12.6. The lowest BCUT2D eigenvalue weighted by atomic mass is 10.2. The number of ether oxygens (including phenoxy) is 1. The molecule has 0 saturated carbocycles. The molecule has 3 aromatic rings. The molecule has 1 heterocycles. The second kappa shape index (κ2) is 7.05. The van der Waals surface area contributed by atoms with Gasteiger partial charge in [-0.25, -0.2) is 0 Å². The van der Waals surface area contributed by atoms with Crippen molar-refractivity contribution >= 4 is 12.2 Å². The number of nitrogens with zero attached hydrogens (tertiary/aromatic N) is 1. The van der Waals surface area contributed by atoms with Gasteiger partial charge in [0.15, 0.2) is 0 Å². The third kappa shape index (κ3) is 3.61. The van der Waals surface area contributed by atoms with Crippen LogP contribution in [0.1, 0.15) is 11.1 Å². The van der Waals surface area contributed by atoms with Gasteiger partial charge >= 0.3 is 0 Å². The molecule has 0 atom stereocenters. The van der Waals surface area contributed by atoms with Gasteiger partial charge in [0.2, 0.25) is 0 Å². The fourth-order valence-corrected chi connectivity index (χ4v) is 2.52. The Labute approximate surface area is 144 Å². The summed E-state index contributed by atoms with van der Waals surface area (Å²) in [6.07, 6.45) is 3.34. The lowest BCUT2D eigenvalue weighted by Crippen LogP contribution is -2.52. The Morgan fingerprint density at radius 1 is 0.920 bits per heavy atom. The predicted molar refractivity (Wildman–Crippen MR) is 98.1 cm³/mol. The van der Waals surface area contributed by atoms with Crippen molar-refractivity contribution in [1.29, 1.82) is 0 Å². The van der Waals surface area contributed by atoms with Crippen molar-refractivity contribution in [2.24, 2.45) is 7.05 Å². The fraction of sp³-hybridized carbons (Fsp3) is 0.100. The van der Waals surface area contributed by atoms with Gasteiger partial charge in [-0.2, -0.15) is 0 Å². The van der Waals surface area contributed by atoms with Crippen LogP contribution < -0.4 is 26.6 Å².